The van der Waals surface area contributed by atoms with E-state index in [-0.39, 0.29) is 27.1 Å². The third-order valence-corrected chi connectivity index (χ3v) is 31.8. The summed E-state index contributed by atoms with van der Waals surface area (Å²) in [5.41, 5.74) is 52.8. The highest BCUT2D eigenvalue weighted by atomic mass is 14.5. The SMILES string of the molecule is Cc1ccc(-c2cccc3c2-c2ccccc2C3(c2ccccc2)c2ccccc2)cc1.Cc1ccc(C2(c3ccccc3)c3ccccc3-c3ccccc32)cc1.Cc1cccc(-c2cccc3c2-c2ccccc2C3(c2ccccc2)c2ccccc2)c1.Cc1cccc(C2(c3ccccc3)c3ccccc3-c3ccccc32)c1.Cc1ccccc1-c1cccc2c1-c1ccccc1C2(c1ccccc1)c1ccccc1. The number of hydrogen-bond acceptors (Lipinski definition) is 0. The molecule has 23 aromatic rings. The quantitative estimate of drug-likeness (QED) is 0.108. The molecule has 5 aliphatic rings. The van der Waals surface area contributed by atoms with Gasteiger partial charge in [-0.2, -0.15) is 0 Å². The molecule has 28 rings (SSSR count). The average molecular weight is 1890 g/mol. The van der Waals surface area contributed by atoms with Gasteiger partial charge in [0.25, 0.3) is 0 Å². The minimum absolute atomic E-state index is 0.262. The third-order valence-electron chi connectivity index (χ3n) is 31.8. The van der Waals surface area contributed by atoms with Crippen molar-refractivity contribution in [2.45, 2.75) is 61.7 Å². The van der Waals surface area contributed by atoms with E-state index in [2.05, 4.69) is 623 Å². The molecule has 0 bridgehead atoms. The molecule has 0 heteroatoms. The summed E-state index contributed by atoms with van der Waals surface area (Å²) in [6.45, 7) is 10.8. The Labute approximate surface area is 871 Å². The summed E-state index contributed by atoms with van der Waals surface area (Å²) in [6.07, 6.45) is 0. The van der Waals surface area contributed by atoms with Crippen LogP contribution in [-0.4, -0.2) is 0 Å². The Morgan fingerprint density at radius 3 is 0.622 bits per heavy atom. The van der Waals surface area contributed by atoms with Gasteiger partial charge < -0.3 is 0 Å². The van der Waals surface area contributed by atoms with E-state index in [4.69, 9.17) is 0 Å². The molecule has 0 saturated carbocycles. The Hall–Kier alpha value is -17.9. The highest BCUT2D eigenvalue weighted by Gasteiger charge is 2.52. The van der Waals surface area contributed by atoms with Gasteiger partial charge in [-0.3, -0.25) is 0 Å². The van der Waals surface area contributed by atoms with Gasteiger partial charge in [0, 0.05) is 0 Å². The van der Waals surface area contributed by atoms with Gasteiger partial charge >= 0.3 is 0 Å². The second-order valence-electron chi connectivity index (χ2n) is 40.0. The molecular formula is C148H112. The molecule has 0 spiro atoms. The lowest BCUT2D eigenvalue weighted by Gasteiger charge is -2.34. The van der Waals surface area contributed by atoms with Crippen molar-refractivity contribution in [2.24, 2.45) is 0 Å². The zero-order chi connectivity index (χ0) is 99.8. The summed E-state index contributed by atoms with van der Waals surface area (Å²) < 4.78 is 0. The monoisotopic (exact) mass is 1890 g/mol. The first-order valence-electron chi connectivity index (χ1n) is 51.9. The summed E-state index contributed by atoms with van der Waals surface area (Å²) >= 11 is 0. The maximum atomic E-state index is 2.34. The van der Waals surface area contributed by atoms with Gasteiger partial charge in [0.15, 0.2) is 0 Å². The molecule has 0 fully saturated rings. The number of rotatable bonds is 13. The topological polar surface area (TPSA) is 0 Å². The smallest absolute Gasteiger partial charge is 0.0622 e. The number of fused-ring (bicyclic) bond motifs is 15. The van der Waals surface area contributed by atoms with Gasteiger partial charge in [-0.05, 0) is 240 Å². The second-order valence-corrected chi connectivity index (χ2v) is 40.0. The lowest BCUT2D eigenvalue weighted by Crippen LogP contribution is -2.28. The van der Waals surface area contributed by atoms with E-state index in [0.29, 0.717) is 0 Å². The Bertz CT molecular complexity index is 8550. The van der Waals surface area contributed by atoms with Gasteiger partial charge in [0.1, 0.15) is 0 Å². The fourth-order valence-corrected chi connectivity index (χ4v) is 25.7. The largest absolute Gasteiger partial charge is 0.0713 e. The normalized spacial score (nSPS) is 13.6. The molecule has 0 unspecified atom stereocenters. The average Bonchev–Trinajstić information content (AvgIpc) is 1.54. The van der Waals surface area contributed by atoms with Crippen molar-refractivity contribution in [3.05, 3.63) is 728 Å². The fourth-order valence-electron chi connectivity index (χ4n) is 25.7. The van der Waals surface area contributed by atoms with Gasteiger partial charge in [-0.15, -0.1) is 0 Å². The van der Waals surface area contributed by atoms with Gasteiger partial charge in [-0.1, -0.05) is 611 Å². The predicted octanol–water partition coefficient (Wildman–Crippen LogP) is 36.8. The molecule has 0 aliphatic heterocycles. The maximum Gasteiger partial charge on any atom is 0.0713 e. The summed E-state index contributed by atoms with van der Waals surface area (Å²) in [5, 5.41) is 0. The van der Waals surface area contributed by atoms with E-state index >= 15 is 0 Å². The molecule has 0 radical (unpaired) electrons. The highest BCUT2D eigenvalue weighted by Crippen LogP contribution is 2.64. The molecule has 148 heavy (non-hydrogen) atoms. The van der Waals surface area contributed by atoms with Gasteiger partial charge in [0.2, 0.25) is 0 Å². The minimum Gasteiger partial charge on any atom is -0.0622 e. The molecule has 0 N–H and O–H groups in total. The van der Waals surface area contributed by atoms with Crippen molar-refractivity contribution >= 4 is 0 Å². The van der Waals surface area contributed by atoms with E-state index in [1.807, 2.05) is 0 Å². The summed E-state index contributed by atoms with van der Waals surface area (Å²) in [6, 6.07) is 215. The zero-order valence-electron chi connectivity index (χ0n) is 84.0. The van der Waals surface area contributed by atoms with Crippen LogP contribution in [0.2, 0.25) is 0 Å². The van der Waals surface area contributed by atoms with Crippen molar-refractivity contribution in [3.8, 4) is 89.0 Å². The molecular weight excluding hydrogens is 1780 g/mol. The van der Waals surface area contributed by atoms with E-state index < -0.39 is 0 Å². The summed E-state index contributed by atoms with van der Waals surface area (Å²) in [4.78, 5) is 0. The molecule has 0 amide bonds. The fraction of sp³-hybridized carbons (Fsp3) is 0.0676. The van der Waals surface area contributed by atoms with Crippen molar-refractivity contribution in [1.29, 1.82) is 0 Å². The molecule has 0 atom stereocenters. The van der Waals surface area contributed by atoms with Crippen LogP contribution in [-0.2, 0) is 27.1 Å². The van der Waals surface area contributed by atoms with Crippen molar-refractivity contribution in [2.75, 3.05) is 0 Å². The van der Waals surface area contributed by atoms with Crippen LogP contribution in [0.1, 0.15) is 139 Å². The highest BCUT2D eigenvalue weighted by molar-refractivity contribution is 6.00. The first-order chi connectivity index (χ1) is 73.0. The minimum atomic E-state index is -0.340. The molecule has 5 aliphatic carbocycles. The molecule has 0 aromatic heterocycles. The van der Waals surface area contributed by atoms with Gasteiger partial charge in [0.05, 0.1) is 27.1 Å². The van der Waals surface area contributed by atoms with Crippen LogP contribution in [0.15, 0.2) is 588 Å². The first kappa shape index (κ1) is 92.5. The summed E-state index contributed by atoms with van der Waals surface area (Å²) in [7, 11) is 0. The first-order valence-corrected chi connectivity index (χ1v) is 51.9. The Morgan fingerprint density at radius 2 is 0.311 bits per heavy atom. The number of benzene rings is 23. The predicted molar refractivity (Wildman–Crippen MR) is 619 cm³/mol. The van der Waals surface area contributed by atoms with Crippen LogP contribution < -0.4 is 0 Å². The molecule has 0 heterocycles. The van der Waals surface area contributed by atoms with Crippen LogP contribution in [0.25, 0.3) is 89.0 Å². The lowest BCUT2D eigenvalue weighted by atomic mass is 9.67. The maximum absolute atomic E-state index is 2.34. The van der Waals surface area contributed by atoms with E-state index in [9.17, 15) is 0 Å². The van der Waals surface area contributed by atoms with Crippen molar-refractivity contribution < 1.29 is 0 Å². The van der Waals surface area contributed by atoms with E-state index in [1.54, 1.807) is 0 Å². The van der Waals surface area contributed by atoms with E-state index in [1.165, 1.54) is 228 Å². The van der Waals surface area contributed by atoms with Crippen LogP contribution in [0.5, 0.6) is 0 Å². The molecule has 23 aromatic carbocycles. The Balaban J connectivity index is 0.0000000991. The second kappa shape index (κ2) is 39.3. The number of hydrogen-bond donors (Lipinski definition) is 0. The lowest BCUT2D eigenvalue weighted by molar-refractivity contribution is 0.767. The van der Waals surface area contributed by atoms with Crippen LogP contribution in [0, 0.1) is 34.6 Å². The standard InChI is InChI=1S/3C32H24.2C26H20/c1-23-12-10-13-24(22-23)27-19-11-21-30-31(27)28-18-8-9-20-29(28)32(30,25-14-4-2-5-15-25)26-16-6-3-7-17-26;1-23-13-8-9-18-26(23)27-20-12-22-30-31(27)28-19-10-11-21-29(28)32(30,24-14-4-2-5-15-24)25-16-6-3-7-17-25;1-23-19-21-24(22-20-23)27-16-10-18-30-31(27)28-15-8-9-17-29(28)32(30,25-11-4-2-5-12-25)26-13-6-3-7-14-26;1-19-10-9-13-21(18-19)26(20-11-3-2-4-12-20)24-16-7-5-14-22(24)23-15-6-8-17-25(23)26;1-19-15-17-21(18-16-19)26(20-9-3-2-4-10-20)24-13-7-5-11-22(24)23-12-6-8-14-25(23)26/h3*2-22H,1H3;2*2-18H,1H3. The Morgan fingerprint density at radius 1 is 0.108 bits per heavy atom. The van der Waals surface area contributed by atoms with Crippen LogP contribution in [0.4, 0.5) is 0 Å². The van der Waals surface area contributed by atoms with E-state index in [0.717, 1.165) is 0 Å². The Kier molecular flexibility index (Phi) is 24.6. The van der Waals surface area contributed by atoms with Crippen LogP contribution >= 0.6 is 0 Å². The third kappa shape index (κ3) is 15.3. The number of aryl methyl sites for hydroxylation is 5. The van der Waals surface area contributed by atoms with Crippen LogP contribution in [0.3, 0.4) is 0 Å². The molecule has 0 saturated heterocycles. The van der Waals surface area contributed by atoms with Crippen molar-refractivity contribution in [1.82, 2.24) is 0 Å². The van der Waals surface area contributed by atoms with Gasteiger partial charge in [-0.25, -0.2) is 0 Å². The molecule has 0 nitrogen and oxygen atoms in total. The zero-order valence-corrected chi connectivity index (χ0v) is 84.0. The molecule has 704 valence electrons. The van der Waals surface area contributed by atoms with Crippen molar-refractivity contribution in [3.63, 3.8) is 0 Å². The summed E-state index contributed by atoms with van der Waals surface area (Å²) in [5.74, 6) is 0.